The average molecular weight is 410 g/mol. The van der Waals surface area contributed by atoms with Gasteiger partial charge >= 0.3 is 0 Å². The second-order valence-corrected chi connectivity index (χ2v) is 7.04. The number of aliphatic imine (C=N–C) groups is 1. The van der Waals surface area contributed by atoms with Gasteiger partial charge in [-0.05, 0) is 43.2 Å². The van der Waals surface area contributed by atoms with Gasteiger partial charge in [-0.25, -0.2) is 4.98 Å². The van der Waals surface area contributed by atoms with Gasteiger partial charge in [0, 0.05) is 45.5 Å². The van der Waals surface area contributed by atoms with Gasteiger partial charge in [-0.2, -0.15) is 0 Å². The summed E-state index contributed by atoms with van der Waals surface area (Å²) >= 11 is 0. The van der Waals surface area contributed by atoms with E-state index in [4.69, 9.17) is 14.5 Å². The zero-order valence-corrected chi connectivity index (χ0v) is 18.3. The third-order valence-corrected chi connectivity index (χ3v) is 4.92. The molecule has 0 saturated heterocycles. The Morgan fingerprint density at radius 3 is 2.70 bits per heavy atom. The zero-order valence-electron chi connectivity index (χ0n) is 18.3. The summed E-state index contributed by atoms with van der Waals surface area (Å²) in [6.45, 7) is 4.44. The van der Waals surface area contributed by atoms with Crippen molar-refractivity contribution in [2.45, 2.75) is 19.8 Å². The number of fused-ring (bicyclic) bond motifs is 1. The maximum Gasteiger partial charge on any atom is 0.193 e. The predicted octanol–water partition coefficient (Wildman–Crippen LogP) is 3.03. The molecule has 7 heteroatoms. The number of hydrogen-bond acceptors (Lipinski definition) is 4. The number of ether oxygens (including phenoxy) is 2. The van der Waals surface area contributed by atoms with Gasteiger partial charge in [-0.15, -0.1) is 0 Å². The summed E-state index contributed by atoms with van der Waals surface area (Å²) in [5, 5.41) is 3.38. The number of nitrogens with zero attached hydrogens (tertiary/aromatic N) is 4. The molecule has 1 N–H and O–H groups in total. The molecule has 30 heavy (non-hydrogen) atoms. The second-order valence-electron chi connectivity index (χ2n) is 7.04. The first-order valence-corrected chi connectivity index (χ1v) is 10.3. The molecular formula is C23H31N5O2. The van der Waals surface area contributed by atoms with Crippen molar-refractivity contribution in [2.24, 2.45) is 4.99 Å². The summed E-state index contributed by atoms with van der Waals surface area (Å²) in [6, 6.07) is 12.1. The van der Waals surface area contributed by atoms with Crippen LogP contribution < -0.4 is 14.8 Å². The summed E-state index contributed by atoms with van der Waals surface area (Å²) in [6.07, 6.45) is 5.77. The van der Waals surface area contributed by atoms with Crippen LogP contribution >= 0.6 is 0 Å². The van der Waals surface area contributed by atoms with Gasteiger partial charge in [0.2, 0.25) is 0 Å². The fourth-order valence-electron chi connectivity index (χ4n) is 3.29. The Morgan fingerprint density at radius 1 is 1.13 bits per heavy atom. The standard InChI is InChI=1S/C23H31N5O2/c1-5-24-23(25-13-11-19-17-28-14-7-6-8-22(28)26-19)27(2)15-12-18-9-10-20(29-3)21(16-18)30-4/h6-10,14,16-17H,5,11-13,15H2,1-4H3,(H,24,25). The van der Waals surface area contributed by atoms with Gasteiger partial charge < -0.3 is 24.1 Å². The van der Waals surface area contributed by atoms with Crippen molar-refractivity contribution in [3.05, 3.63) is 60.0 Å². The number of pyridine rings is 1. The quantitative estimate of drug-likeness (QED) is 0.435. The van der Waals surface area contributed by atoms with E-state index in [2.05, 4.69) is 41.4 Å². The highest BCUT2D eigenvalue weighted by Gasteiger charge is 2.09. The molecule has 0 bridgehead atoms. The maximum absolute atomic E-state index is 5.40. The third kappa shape index (κ3) is 5.43. The van der Waals surface area contributed by atoms with Crippen molar-refractivity contribution in [3.8, 4) is 11.5 Å². The first kappa shape index (κ1) is 21.5. The molecule has 160 valence electrons. The highest BCUT2D eigenvalue weighted by molar-refractivity contribution is 5.79. The number of guanidine groups is 1. The van der Waals surface area contributed by atoms with E-state index in [-0.39, 0.29) is 0 Å². The van der Waals surface area contributed by atoms with E-state index in [1.807, 2.05) is 40.9 Å². The number of benzene rings is 1. The highest BCUT2D eigenvalue weighted by atomic mass is 16.5. The van der Waals surface area contributed by atoms with E-state index < -0.39 is 0 Å². The predicted molar refractivity (Wildman–Crippen MR) is 121 cm³/mol. The lowest BCUT2D eigenvalue weighted by Gasteiger charge is -2.22. The van der Waals surface area contributed by atoms with Crippen LogP contribution in [0.1, 0.15) is 18.2 Å². The molecule has 3 rings (SSSR count). The summed E-state index contributed by atoms with van der Waals surface area (Å²) in [5.74, 6) is 2.41. The topological polar surface area (TPSA) is 63.4 Å². The van der Waals surface area contributed by atoms with Crippen LogP contribution in [0.25, 0.3) is 5.65 Å². The Balaban J connectivity index is 1.58. The number of aromatic nitrogens is 2. The van der Waals surface area contributed by atoms with E-state index >= 15 is 0 Å². The van der Waals surface area contributed by atoms with Crippen molar-refractivity contribution in [2.75, 3.05) is 40.9 Å². The van der Waals surface area contributed by atoms with Crippen molar-refractivity contribution >= 4 is 11.6 Å². The fraction of sp³-hybridized carbons (Fsp3) is 0.391. The number of rotatable bonds is 9. The molecule has 2 heterocycles. The molecule has 3 aromatic rings. The molecule has 0 spiro atoms. The number of hydrogen-bond donors (Lipinski definition) is 1. The van der Waals surface area contributed by atoms with E-state index in [0.29, 0.717) is 6.54 Å². The van der Waals surface area contributed by atoms with E-state index in [0.717, 1.165) is 54.7 Å². The van der Waals surface area contributed by atoms with Crippen molar-refractivity contribution in [1.29, 1.82) is 0 Å². The third-order valence-electron chi connectivity index (χ3n) is 4.92. The lowest BCUT2D eigenvalue weighted by molar-refractivity contribution is 0.354. The second kappa shape index (κ2) is 10.5. The molecule has 0 saturated carbocycles. The monoisotopic (exact) mass is 409 g/mol. The molecule has 0 fully saturated rings. The van der Waals surface area contributed by atoms with Crippen LogP contribution in [-0.4, -0.2) is 61.1 Å². The van der Waals surface area contributed by atoms with Crippen molar-refractivity contribution in [1.82, 2.24) is 19.6 Å². The Kier molecular flexibility index (Phi) is 7.54. The highest BCUT2D eigenvalue weighted by Crippen LogP contribution is 2.27. The van der Waals surface area contributed by atoms with E-state index in [9.17, 15) is 0 Å². The minimum atomic E-state index is 0.687. The summed E-state index contributed by atoms with van der Waals surface area (Å²) in [7, 11) is 5.37. The van der Waals surface area contributed by atoms with Gasteiger partial charge in [0.1, 0.15) is 5.65 Å². The van der Waals surface area contributed by atoms with Crippen LogP contribution in [0.15, 0.2) is 53.8 Å². The molecule has 0 radical (unpaired) electrons. The number of imidazole rings is 1. The van der Waals surface area contributed by atoms with Crippen LogP contribution in [0.3, 0.4) is 0 Å². The van der Waals surface area contributed by atoms with Gasteiger partial charge in [-0.1, -0.05) is 12.1 Å². The molecule has 1 aromatic carbocycles. The van der Waals surface area contributed by atoms with Crippen molar-refractivity contribution in [3.63, 3.8) is 0 Å². The first-order valence-electron chi connectivity index (χ1n) is 10.3. The molecule has 0 unspecified atom stereocenters. The first-order chi connectivity index (χ1) is 14.6. The lowest BCUT2D eigenvalue weighted by Crippen LogP contribution is -2.40. The molecular weight excluding hydrogens is 378 g/mol. The Bertz CT molecular complexity index is 950. The minimum absolute atomic E-state index is 0.687. The lowest BCUT2D eigenvalue weighted by atomic mass is 10.1. The average Bonchev–Trinajstić information content (AvgIpc) is 3.19. The number of likely N-dealkylation sites (N-methyl/N-ethyl adjacent to an activating group) is 1. The largest absolute Gasteiger partial charge is 0.493 e. The molecule has 0 atom stereocenters. The molecule has 0 amide bonds. The Hall–Kier alpha value is -3.22. The van der Waals surface area contributed by atoms with Crippen LogP contribution in [0, 0.1) is 0 Å². The van der Waals surface area contributed by atoms with Gasteiger partial charge in [0.05, 0.1) is 19.9 Å². The van der Waals surface area contributed by atoms with Crippen LogP contribution in [0.4, 0.5) is 0 Å². The molecule has 0 aliphatic rings. The molecule has 2 aromatic heterocycles. The minimum Gasteiger partial charge on any atom is -0.493 e. The Labute approximate surface area is 178 Å². The normalized spacial score (nSPS) is 11.5. The molecule has 0 aliphatic heterocycles. The zero-order chi connectivity index (χ0) is 21.3. The Morgan fingerprint density at radius 2 is 1.97 bits per heavy atom. The van der Waals surface area contributed by atoms with Gasteiger partial charge in [-0.3, -0.25) is 4.99 Å². The van der Waals surface area contributed by atoms with Gasteiger partial charge in [0.25, 0.3) is 0 Å². The van der Waals surface area contributed by atoms with Crippen LogP contribution in [0.2, 0.25) is 0 Å². The summed E-state index contributed by atoms with van der Waals surface area (Å²) in [4.78, 5) is 11.6. The number of methoxy groups -OCH3 is 2. The maximum atomic E-state index is 5.40. The summed E-state index contributed by atoms with van der Waals surface area (Å²) < 4.78 is 12.8. The van der Waals surface area contributed by atoms with E-state index in [1.54, 1.807) is 14.2 Å². The molecule has 7 nitrogen and oxygen atoms in total. The SMILES string of the molecule is CCNC(=NCCc1cn2ccccc2n1)N(C)CCc1ccc(OC)c(OC)c1. The van der Waals surface area contributed by atoms with Crippen molar-refractivity contribution < 1.29 is 9.47 Å². The van der Waals surface area contributed by atoms with E-state index in [1.165, 1.54) is 5.56 Å². The fourth-order valence-corrected chi connectivity index (χ4v) is 3.29. The smallest absolute Gasteiger partial charge is 0.193 e. The van der Waals surface area contributed by atoms with Gasteiger partial charge in [0.15, 0.2) is 17.5 Å². The number of nitrogens with one attached hydrogen (secondary N) is 1. The van der Waals surface area contributed by atoms with Crippen LogP contribution in [0.5, 0.6) is 11.5 Å². The molecule has 0 aliphatic carbocycles. The summed E-state index contributed by atoms with van der Waals surface area (Å²) in [5.41, 5.74) is 3.21. The van der Waals surface area contributed by atoms with Crippen LogP contribution in [-0.2, 0) is 12.8 Å².